The van der Waals surface area contributed by atoms with Crippen LogP contribution in [0, 0.1) is 0 Å². The van der Waals surface area contributed by atoms with Crippen LogP contribution in [0.1, 0.15) is 41.8 Å². The van der Waals surface area contributed by atoms with E-state index in [1.807, 2.05) is 30.5 Å². The zero-order valence-electron chi connectivity index (χ0n) is 13.5. The Morgan fingerprint density at radius 1 is 1.22 bits per heavy atom. The summed E-state index contributed by atoms with van der Waals surface area (Å²) in [5, 5.41) is 0. The molecule has 2 aromatic rings. The van der Waals surface area contributed by atoms with Crippen LogP contribution >= 0.6 is 0 Å². The maximum absolute atomic E-state index is 12.6. The van der Waals surface area contributed by atoms with Crippen LogP contribution in [0.4, 0.5) is 17.1 Å². The summed E-state index contributed by atoms with van der Waals surface area (Å²) in [6.45, 7) is 4.76. The predicted molar refractivity (Wildman–Crippen MR) is 95.6 cm³/mol. The number of benzene rings is 2. The molecule has 0 aliphatic carbocycles. The van der Waals surface area contributed by atoms with Gasteiger partial charge in [-0.1, -0.05) is 19.9 Å². The van der Waals surface area contributed by atoms with Crippen LogP contribution in [0.5, 0.6) is 0 Å². The van der Waals surface area contributed by atoms with Crippen molar-refractivity contribution in [3.8, 4) is 0 Å². The van der Waals surface area contributed by atoms with Gasteiger partial charge in [0.25, 0.3) is 5.91 Å². The molecular formula is C19H21N3O. The third kappa shape index (κ3) is 2.84. The van der Waals surface area contributed by atoms with Gasteiger partial charge in [0.15, 0.2) is 0 Å². The number of rotatable bonds is 4. The molecule has 118 valence electrons. The molecule has 0 saturated carbocycles. The number of nitrogen functional groups attached to an aromatic ring is 1. The van der Waals surface area contributed by atoms with Gasteiger partial charge in [-0.25, -0.2) is 0 Å². The Hall–Kier alpha value is -2.62. The second-order valence-corrected chi connectivity index (χ2v) is 5.69. The molecule has 0 radical (unpaired) electrons. The molecular weight excluding hydrogens is 286 g/mol. The van der Waals surface area contributed by atoms with Crippen molar-refractivity contribution in [2.24, 2.45) is 4.99 Å². The van der Waals surface area contributed by atoms with Crippen LogP contribution in [-0.4, -0.2) is 12.1 Å². The summed E-state index contributed by atoms with van der Waals surface area (Å²) >= 11 is 0. The molecule has 0 fully saturated rings. The first-order valence-electron chi connectivity index (χ1n) is 7.99. The van der Waals surface area contributed by atoms with Crippen LogP contribution in [0.3, 0.4) is 0 Å². The standard InChI is InChI=1S/C19H21N3O/c1-3-9-21-18-8-7-16(10-13(18)4-2)22-12-14-5-6-15(20)11-17(14)19(22)23/h5-11H,3-4,12,20H2,1-2H3. The van der Waals surface area contributed by atoms with E-state index in [0.717, 1.165) is 35.3 Å². The number of carbonyl (C=O) groups excluding carboxylic acids is 1. The Bertz CT molecular complexity index is 780. The molecule has 23 heavy (non-hydrogen) atoms. The van der Waals surface area contributed by atoms with Crippen molar-refractivity contribution in [3.05, 3.63) is 53.1 Å². The van der Waals surface area contributed by atoms with Gasteiger partial charge in [0.05, 0.1) is 12.2 Å². The minimum absolute atomic E-state index is 0.0131. The molecule has 2 N–H and O–H groups in total. The molecule has 3 rings (SSSR count). The van der Waals surface area contributed by atoms with Gasteiger partial charge in [-0.2, -0.15) is 0 Å². The van der Waals surface area contributed by atoms with Crippen LogP contribution in [0.25, 0.3) is 0 Å². The molecule has 0 atom stereocenters. The van der Waals surface area contributed by atoms with E-state index in [9.17, 15) is 4.79 Å². The van der Waals surface area contributed by atoms with E-state index < -0.39 is 0 Å². The molecule has 4 nitrogen and oxygen atoms in total. The number of nitrogens with two attached hydrogens (primary N) is 1. The highest BCUT2D eigenvalue weighted by Crippen LogP contribution is 2.32. The molecule has 1 amide bonds. The van der Waals surface area contributed by atoms with Gasteiger partial charge in [-0.15, -0.1) is 0 Å². The van der Waals surface area contributed by atoms with E-state index in [0.29, 0.717) is 17.8 Å². The number of fused-ring (bicyclic) bond motifs is 1. The smallest absolute Gasteiger partial charge is 0.259 e. The number of carbonyl (C=O) groups is 1. The number of anilines is 2. The molecule has 1 heterocycles. The Kier molecular flexibility index (Phi) is 4.15. The van der Waals surface area contributed by atoms with Crippen molar-refractivity contribution in [1.29, 1.82) is 0 Å². The second-order valence-electron chi connectivity index (χ2n) is 5.69. The third-order valence-electron chi connectivity index (χ3n) is 4.11. The van der Waals surface area contributed by atoms with Gasteiger partial charge >= 0.3 is 0 Å². The summed E-state index contributed by atoms with van der Waals surface area (Å²) in [5.74, 6) is 0.0131. The minimum atomic E-state index is 0.0131. The first-order valence-corrected chi connectivity index (χ1v) is 7.99. The lowest BCUT2D eigenvalue weighted by atomic mass is 10.1. The quantitative estimate of drug-likeness (QED) is 0.682. The third-order valence-corrected chi connectivity index (χ3v) is 4.11. The molecule has 4 heteroatoms. The van der Waals surface area contributed by atoms with Gasteiger partial charge in [0.2, 0.25) is 0 Å². The van der Waals surface area contributed by atoms with Crippen LogP contribution < -0.4 is 10.6 Å². The second kappa shape index (κ2) is 6.24. The molecule has 1 aliphatic rings. The average molecular weight is 307 g/mol. The maximum Gasteiger partial charge on any atom is 0.259 e. The Balaban J connectivity index is 1.94. The minimum Gasteiger partial charge on any atom is -0.399 e. The van der Waals surface area contributed by atoms with E-state index in [-0.39, 0.29) is 5.91 Å². The highest BCUT2D eigenvalue weighted by atomic mass is 16.2. The fraction of sp³-hybridized carbons (Fsp3) is 0.263. The summed E-state index contributed by atoms with van der Waals surface area (Å²) in [6.07, 6.45) is 3.70. The van der Waals surface area contributed by atoms with Crippen molar-refractivity contribution < 1.29 is 4.79 Å². The molecule has 0 unspecified atom stereocenters. The Morgan fingerprint density at radius 2 is 2.04 bits per heavy atom. The zero-order valence-corrected chi connectivity index (χ0v) is 13.5. The highest BCUT2D eigenvalue weighted by Gasteiger charge is 2.28. The lowest BCUT2D eigenvalue weighted by molar-refractivity contribution is 0.0996. The lowest BCUT2D eigenvalue weighted by Gasteiger charge is -2.17. The summed E-state index contributed by atoms with van der Waals surface area (Å²) in [6, 6.07) is 11.6. The summed E-state index contributed by atoms with van der Waals surface area (Å²) in [7, 11) is 0. The van der Waals surface area contributed by atoms with Gasteiger partial charge in [0, 0.05) is 23.2 Å². The molecule has 0 saturated heterocycles. The van der Waals surface area contributed by atoms with Gasteiger partial charge in [0.1, 0.15) is 0 Å². The molecule has 0 aromatic heterocycles. The SMILES string of the molecule is CCC=Nc1ccc(N2Cc3ccc(N)cc3C2=O)cc1CC. The fourth-order valence-electron chi connectivity index (χ4n) is 2.87. The van der Waals surface area contributed by atoms with Crippen molar-refractivity contribution >= 4 is 29.2 Å². The van der Waals surface area contributed by atoms with E-state index in [1.54, 1.807) is 11.0 Å². The van der Waals surface area contributed by atoms with Crippen molar-refractivity contribution in [3.63, 3.8) is 0 Å². The topological polar surface area (TPSA) is 58.7 Å². The van der Waals surface area contributed by atoms with Gasteiger partial charge < -0.3 is 10.6 Å². The van der Waals surface area contributed by atoms with E-state index >= 15 is 0 Å². The van der Waals surface area contributed by atoms with E-state index in [4.69, 9.17) is 5.73 Å². The number of nitrogens with zero attached hydrogens (tertiary/aromatic N) is 2. The lowest BCUT2D eigenvalue weighted by Crippen LogP contribution is -2.23. The van der Waals surface area contributed by atoms with Gasteiger partial charge in [-0.05, 0) is 54.3 Å². The number of hydrogen-bond donors (Lipinski definition) is 1. The predicted octanol–water partition coefficient (Wildman–Crippen LogP) is 4.10. The molecule has 0 spiro atoms. The Labute approximate surface area is 136 Å². The number of hydrogen-bond acceptors (Lipinski definition) is 3. The molecule has 2 aromatic carbocycles. The van der Waals surface area contributed by atoms with Crippen LogP contribution in [-0.2, 0) is 13.0 Å². The first kappa shape index (κ1) is 15.3. The normalized spacial score (nSPS) is 13.8. The number of aryl methyl sites for hydroxylation is 1. The maximum atomic E-state index is 12.6. The summed E-state index contributed by atoms with van der Waals surface area (Å²) < 4.78 is 0. The first-order chi connectivity index (χ1) is 11.1. The van der Waals surface area contributed by atoms with E-state index in [2.05, 4.69) is 24.9 Å². The highest BCUT2D eigenvalue weighted by molar-refractivity contribution is 6.10. The molecule has 1 aliphatic heterocycles. The fourth-order valence-corrected chi connectivity index (χ4v) is 2.87. The largest absolute Gasteiger partial charge is 0.399 e. The summed E-state index contributed by atoms with van der Waals surface area (Å²) in [4.78, 5) is 18.9. The van der Waals surface area contributed by atoms with E-state index in [1.165, 1.54) is 0 Å². The monoisotopic (exact) mass is 307 g/mol. The zero-order chi connectivity index (χ0) is 16.4. The Morgan fingerprint density at radius 3 is 2.78 bits per heavy atom. The van der Waals surface area contributed by atoms with Crippen molar-refractivity contribution in [2.75, 3.05) is 10.6 Å². The van der Waals surface area contributed by atoms with Crippen LogP contribution in [0.2, 0.25) is 0 Å². The summed E-state index contributed by atoms with van der Waals surface area (Å²) in [5.41, 5.74) is 11.2. The van der Waals surface area contributed by atoms with Crippen LogP contribution in [0.15, 0.2) is 41.4 Å². The molecule has 0 bridgehead atoms. The van der Waals surface area contributed by atoms with Crippen molar-refractivity contribution in [1.82, 2.24) is 0 Å². The number of aliphatic imine (C=N–C) groups is 1. The van der Waals surface area contributed by atoms with Gasteiger partial charge in [-0.3, -0.25) is 9.79 Å². The number of amides is 1. The average Bonchev–Trinajstić information content (AvgIpc) is 2.89. The van der Waals surface area contributed by atoms with Crippen molar-refractivity contribution in [2.45, 2.75) is 33.2 Å².